The molecule has 1 aromatic heterocycles. The minimum absolute atomic E-state index is 0.150. The molecular weight excluding hydrogens is 262 g/mol. The number of unbranched alkanes of at least 4 members (excludes halogenated alkanes) is 1. The van der Waals surface area contributed by atoms with Crippen LogP contribution in [0, 0.1) is 25.2 Å². The van der Waals surface area contributed by atoms with Crippen molar-refractivity contribution in [3.8, 4) is 17.3 Å². The highest BCUT2D eigenvalue weighted by Gasteiger charge is 2.11. The van der Waals surface area contributed by atoms with Gasteiger partial charge in [-0.1, -0.05) is 31.0 Å². The molecule has 0 aliphatic rings. The summed E-state index contributed by atoms with van der Waals surface area (Å²) in [4.78, 5) is 12.1. The standard InChI is InChI=1S/C17H19N3O/c1-4-5-8-20-17(21)14(11-18)10-16(19-20)15-9-12(2)6-7-13(15)3/h6-7,9-10H,4-5,8H2,1-3H3. The maximum atomic E-state index is 12.1. The molecule has 1 aromatic carbocycles. The fourth-order valence-electron chi connectivity index (χ4n) is 2.22. The van der Waals surface area contributed by atoms with Gasteiger partial charge in [-0.3, -0.25) is 4.79 Å². The molecule has 0 aliphatic carbocycles. The van der Waals surface area contributed by atoms with E-state index in [4.69, 9.17) is 0 Å². The summed E-state index contributed by atoms with van der Waals surface area (Å²) >= 11 is 0. The maximum absolute atomic E-state index is 12.1. The third kappa shape index (κ3) is 3.19. The van der Waals surface area contributed by atoms with Crippen molar-refractivity contribution in [2.24, 2.45) is 0 Å². The number of hydrogen-bond donors (Lipinski definition) is 0. The van der Waals surface area contributed by atoms with Gasteiger partial charge in [0.25, 0.3) is 5.56 Å². The quantitative estimate of drug-likeness (QED) is 0.864. The van der Waals surface area contributed by atoms with Crippen LogP contribution in [0.3, 0.4) is 0 Å². The van der Waals surface area contributed by atoms with E-state index in [1.165, 1.54) is 4.68 Å². The molecule has 21 heavy (non-hydrogen) atoms. The molecule has 0 fully saturated rings. The third-order valence-electron chi connectivity index (χ3n) is 3.49. The Morgan fingerprint density at radius 1 is 1.29 bits per heavy atom. The zero-order valence-electron chi connectivity index (χ0n) is 12.7. The van der Waals surface area contributed by atoms with Crippen LogP contribution in [0.2, 0.25) is 0 Å². The first kappa shape index (κ1) is 15.0. The first-order valence-electron chi connectivity index (χ1n) is 7.16. The maximum Gasteiger partial charge on any atom is 0.284 e. The monoisotopic (exact) mass is 281 g/mol. The van der Waals surface area contributed by atoms with Gasteiger partial charge < -0.3 is 0 Å². The molecule has 2 aromatic rings. The van der Waals surface area contributed by atoms with Gasteiger partial charge in [0.2, 0.25) is 0 Å². The van der Waals surface area contributed by atoms with E-state index < -0.39 is 0 Å². The van der Waals surface area contributed by atoms with Crippen molar-refractivity contribution >= 4 is 0 Å². The summed E-state index contributed by atoms with van der Waals surface area (Å²) in [6, 6.07) is 9.67. The van der Waals surface area contributed by atoms with Crippen LogP contribution in [0.15, 0.2) is 29.1 Å². The fraction of sp³-hybridized carbons (Fsp3) is 0.353. The van der Waals surface area contributed by atoms with Crippen molar-refractivity contribution in [3.63, 3.8) is 0 Å². The summed E-state index contributed by atoms with van der Waals surface area (Å²) in [6.45, 7) is 6.62. The van der Waals surface area contributed by atoms with E-state index in [-0.39, 0.29) is 11.1 Å². The topological polar surface area (TPSA) is 58.7 Å². The Hall–Kier alpha value is -2.41. The lowest BCUT2D eigenvalue weighted by Crippen LogP contribution is -2.25. The summed E-state index contributed by atoms with van der Waals surface area (Å²) in [5.41, 5.74) is 3.71. The summed E-state index contributed by atoms with van der Waals surface area (Å²) in [6.07, 6.45) is 1.84. The number of hydrogen-bond acceptors (Lipinski definition) is 3. The van der Waals surface area contributed by atoms with Crippen molar-refractivity contribution < 1.29 is 0 Å². The Morgan fingerprint density at radius 2 is 2.05 bits per heavy atom. The summed E-state index contributed by atoms with van der Waals surface area (Å²) in [7, 11) is 0. The fourth-order valence-corrected chi connectivity index (χ4v) is 2.22. The van der Waals surface area contributed by atoms with Crippen LogP contribution in [0.25, 0.3) is 11.3 Å². The lowest BCUT2D eigenvalue weighted by Gasteiger charge is -2.10. The lowest BCUT2D eigenvalue weighted by atomic mass is 10.0. The van der Waals surface area contributed by atoms with Crippen molar-refractivity contribution in [2.45, 2.75) is 40.2 Å². The van der Waals surface area contributed by atoms with E-state index in [1.807, 2.05) is 38.1 Å². The van der Waals surface area contributed by atoms with Crippen LogP contribution in [-0.2, 0) is 6.54 Å². The molecule has 1 heterocycles. The number of nitrogens with zero attached hydrogens (tertiary/aromatic N) is 3. The third-order valence-corrected chi connectivity index (χ3v) is 3.49. The highest BCUT2D eigenvalue weighted by molar-refractivity contribution is 5.65. The van der Waals surface area contributed by atoms with Crippen molar-refractivity contribution in [1.82, 2.24) is 9.78 Å². The minimum Gasteiger partial charge on any atom is -0.266 e. The molecule has 2 rings (SSSR count). The molecule has 0 unspecified atom stereocenters. The zero-order chi connectivity index (χ0) is 15.4. The van der Waals surface area contributed by atoms with Gasteiger partial charge in [-0.2, -0.15) is 10.4 Å². The molecule has 0 saturated carbocycles. The van der Waals surface area contributed by atoms with Crippen molar-refractivity contribution in [3.05, 3.63) is 51.3 Å². The van der Waals surface area contributed by atoms with Gasteiger partial charge in [0.1, 0.15) is 11.6 Å². The van der Waals surface area contributed by atoms with Crippen LogP contribution in [0.5, 0.6) is 0 Å². The molecule has 0 radical (unpaired) electrons. The number of rotatable bonds is 4. The Labute approximate surface area is 124 Å². The summed E-state index contributed by atoms with van der Waals surface area (Å²) in [5.74, 6) is 0. The molecule has 0 amide bonds. The van der Waals surface area contributed by atoms with E-state index in [1.54, 1.807) is 6.07 Å². The molecule has 0 saturated heterocycles. The van der Waals surface area contributed by atoms with E-state index in [9.17, 15) is 10.1 Å². The Kier molecular flexibility index (Phi) is 4.54. The molecule has 108 valence electrons. The van der Waals surface area contributed by atoms with Gasteiger partial charge in [0.05, 0.1) is 5.69 Å². The Morgan fingerprint density at radius 3 is 2.71 bits per heavy atom. The number of aryl methyl sites for hydroxylation is 3. The SMILES string of the molecule is CCCCn1nc(-c2cc(C)ccc2C)cc(C#N)c1=O. The highest BCUT2D eigenvalue weighted by atomic mass is 16.1. The molecule has 0 bridgehead atoms. The normalized spacial score (nSPS) is 10.4. The van der Waals surface area contributed by atoms with Crippen LogP contribution < -0.4 is 5.56 Å². The molecule has 0 aliphatic heterocycles. The van der Waals surface area contributed by atoms with Gasteiger partial charge in [-0.25, -0.2) is 4.68 Å². The van der Waals surface area contributed by atoms with E-state index in [0.29, 0.717) is 12.2 Å². The number of aromatic nitrogens is 2. The summed E-state index contributed by atoms with van der Waals surface area (Å²) in [5, 5.41) is 13.6. The lowest BCUT2D eigenvalue weighted by molar-refractivity contribution is 0.544. The second kappa shape index (κ2) is 6.36. The van der Waals surface area contributed by atoms with Crippen molar-refractivity contribution in [2.75, 3.05) is 0 Å². The predicted octanol–water partition coefficient (Wildman–Crippen LogP) is 3.20. The number of benzene rings is 1. The Balaban J connectivity index is 2.61. The van der Waals surface area contributed by atoms with Crippen LogP contribution >= 0.6 is 0 Å². The van der Waals surface area contributed by atoms with Gasteiger partial charge >= 0.3 is 0 Å². The van der Waals surface area contributed by atoms with Gasteiger partial charge in [-0.15, -0.1) is 0 Å². The molecule has 0 N–H and O–H groups in total. The van der Waals surface area contributed by atoms with Crippen LogP contribution in [-0.4, -0.2) is 9.78 Å². The molecule has 4 heteroatoms. The first-order valence-corrected chi connectivity index (χ1v) is 7.16. The van der Waals surface area contributed by atoms with E-state index >= 15 is 0 Å². The zero-order valence-corrected chi connectivity index (χ0v) is 12.7. The molecule has 0 spiro atoms. The van der Waals surface area contributed by atoms with Crippen LogP contribution in [0.1, 0.15) is 36.5 Å². The molecular formula is C17H19N3O. The van der Waals surface area contributed by atoms with Gasteiger partial charge in [0.15, 0.2) is 0 Å². The van der Waals surface area contributed by atoms with Crippen LogP contribution in [0.4, 0.5) is 0 Å². The van der Waals surface area contributed by atoms with E-state index in [0.717, 1.165) is 29.5 Å². The van der Waals surface area contributed by atoms with Gasteiger partial charge in [-0.05, 0) is 38.0 Å². The largest absolute Gasteiger partial charge is 0.284 e. The summed E-state index contributed by atoms with van der Waals surface area (Å²) < 4.78 is 1.42. The smallest absolute Gasteiger partial charge is 0.266 e. The number of nitriles is 1. The minimum atomic E-state index is -0.306. The second-order valence-electron chi connectivity index (χ2n) is 5.26. The first-order chi connectivity index (χ1) is 10.1. The average molecular weight is 281 g/mol. The van der Waals surface area contributed by atoms with E-state index in [2.05, 4.69) is 12.0 Å². The molecule has 4 nitrogen and oxygen atoms in total. The van der Waals surface area contributed by atoms with Crippen molar-refractivity contribution in [1.29, 1.82) is 5.26 Å². The predicted molar refractivity (Wildman–Crippen MR) is 83.0 cm³/mol. The highest BCUT2D eigenvalue weighted by Crippen LogP contribution is 2.22. The van der Waals surface area contributed by atoms with Gasteiger partial charge in [0, 0.05) is 12.1 Å². The average Bonchev–Trinajstić information content (AvgIpc) is 2.48. The second-order valence-corrected chi connectivity index (χ2v) is 5.26. The Bertz CT molecular complexity index is 754. The molecule has 0 atom stereocenters.